The van der Waals surface area contributed by atoms with Gasteiger partial charge < -0.3 is 14.2 Å². The first kappa shape index (κ1) is 17.7. The highest BCUT2D eigenvalue weighted by Gasteiger charge is 2.29. The quantitative estimate of drug-likeness (QED) is 0.665. The lowest BCUT2D eigenvalue weighted by molar-refractivity contribution is 0.0708. The number of likely N-dealkylation sites (tertiary alicyclic amines) is 1. The Morgan fingerprint density at radius 3 is 2.93 bits per heavy atom. The second-order valence-electron chi connectivity index (χ2n) is 6.65. The van der Waals surface area contributed by atoms with Gasteiger partial charge in [0.1, 0.15) is 5.75 Å². The number of aryl methyl sites for hydroxylation is 1. The number of benzene rings is 1. The van der Waals surface area contributed by atoms with Crippen LogP contribution in [0.15, 0.2) is 47.0 Å². The van der Waals surface area contributed by atoms with Crippen LogP contribution in [0.3, 0.4) is 0 Å². The first-order valence-corrected chi connectivity index (χ1v) is 9.87. The minimum atomic E-state index is 0.0916. The van der Waals surface area contributed by atoms with E-state index in [1.165, 1.54) is 11.3 Å². The van der Waals surface area contributed by atoms with Crippen LogP contribution in [0.2, 0.25) is 0 Å². The molecule has 1 aliphatic rings. The highest BCUT2D eigenvalue weighted by molar-refractivity contribution is 7.13. The van der Waals surface area contributed by atoms with E-state index in [2.05, 4.69) is 10.1 Å². The van der Waals surface area contributed by atoms with Crippen molar-refractivity contribution in [3.63, 3.8) is 0 Å². The Morgan fingerprint density at radius 1 is 1.30 bits per heavy atom. The normalized spacial score (nSPS) is 17.1. The summed E-state index contributed by atoms with van der Waals surface area (Å²) in [5.41, 5.74) is 0. The Morgan fingerprint density at radius 2 is 2.15 bits per heavy atom. The van der Waals surface area contributed by atoms with Crippen molar-refractivity contribution in [1.29, 1.82) is 0 Å². The highest BCUT2D eigenvalue weighted by Crippen LogP contribution is 2.27. The number of nitrogens with zero attached hydrogens (tertiary/aromatic N) is 3. The van der Waals surface area contributed by atoms with Gasteiger partial charge in [-0.2, -0.15) is 4.98 Å². The molecule has 3 aromatic rings. The third kappa shape index (κ3) is 4.19. The molecule has 1 atom stereocenters. The van der Waals surface area contributed by atoms with Crippen molar-refractivity contribution in [3.8, 4) is 5.75 Å². The Bertz CT molecular complexity index is 906. The topological polar surface area (TPSA) is 68.5 Å². The lowest BCUT2D eigenvalue weighted by Gasteiger charge is -2.30. The standard InChI is InChI=1S/C20H21N3O3S/c1-14-9-10-17(27-14)20(24)23-11-5-6-15(12-23)19-21-18(26-22-19)13-25-16-7-3-2-4-8-16/h2-4,7-10,15H,5-6,11-13H2,1H3. The minimum Gasteiger partial charge on any atom is -0.484 e. The number of thiophene rings is 1. The SMILES string of the molecule is Cc1ccc(C(=O)N2CCCC(c3noc(COc4ccccc4)n3)C2)s1. The number of aromatic nitrogens is 2. The molecule has 0 N–H and O–H groups in total. The van der Waals surface area contributed by atoms with Crippen LogP contribution in [0, 0.1) is 6.92 Å². The molecule has 1 aromatic carbocycles. The first-order chi connectivity index (χ1) is 13.2. The number of hydrogen-bond acceptors (Lipinski definition) is 6. The van der Waals surface area contributed by atoms with Gasteiger partial charge >= 0.3 is 0 Å². The van der Waals surface area contributed by atoms with E-state index in [0.717, 1.165) is 34.9 Å². The Labute approximate surface area is 161 Å². The van der Waals surface area contributed by atoms with Crippen LogP contribution in [0.1, 0.15) is 45.0 Å². The number of hydrogen-bond donors (Lipinski definition) is 0. The second kappa shape index (κ2) is 7.92. The van der Waals surface area contributed by atoms with E-state index in [1.807, 2.05) is 54.3 Å². The molecule has 1 aliphatic heterocycles. The van der Waals surface area contributed by atoms with Crippen molar-refractivity contribution in [1.82, 2.24) is 15.0 Å². The van der Waals surface area contributed by atoms with Gasteiger partial charge in [-0.3, -0.25) is 4.79 Å². The zero-order valence-corrected chi connectivity index (χ0v) is 15.9. The summed E-state index contributed by atoms with van der Waals surface area (Å²) in [7, 11) is 0. The molecule has 140 valence electrons. The van der Waals surface area contributed by atoms with Crippen LogP contribution < -0.4 is 4.74 Å². The van der Waals surface area contributed by atoms with Crippen molar-refractivity contribution in [3.05, 3.63) is 63.9 Å². The van der Waals surface area contributed by atoms with Gasteiger partial charge in [0.2, 0.25) is 0 Å². The number of piperidine rings is 1. The van der Waals surface area contributed by atoms with Gasteiger partial charge in [0, 0.05) is 23.9 Å². The average molecular weight is 383 g/mol. The molecule has 0 aliphatic carbocycles. The number of carbonyl (C=O) groups excluding carboxylic acids is 1. The van der Waals surface area contributed by atoms with Crippen molar-refractivity contribution in [2.75, 3.05) is 13.1 Å². The van der Waals surface area contributed by atoms with Crippen LogP contribution in [0.25, 0.3) is 0 Å². The molecule has 1 saturated heterocycles. The number of rotatable bonds is 5. The van der Waals surface area contributed by atoms with E-state index in [-0.39, 0.29) is 18.4 Å². The highest BCUT2D eigenvalue weighted by atomic mass is 32.1. The van der Waals surface area contributed by atoms with Gasteiger partial charge in [-0.25, -0.2) is 0 Å². The third-order valence-electron chi connectivity index (χ3n) is 4.61. The van der Waals surface area contributed by atoms with Gasteiger partial charge in [0.25, 0.3) is 11.8 Å². The van der Waals surface area contributed by atoms with E-state index in [9.17, 15) is 4.79 Å². The van der Waals surface area contributed by atoms with E-state index >= 15 is 0 Å². The average Bonchev–Trinajstić information content (AvgIpc) is 3.36. The summed E-state index contributed by atoms with van der Waals surface area (Å²) >= 11 is 1.54. The molecule has 0 bridgehead atoms. The molecule has 1 fully saturated rings. The summed E-state index contributed by atoms with van der Waals surface area (Å²) in [5.74, 6) is 2.05. The molecule has 1 amide bonds. The summed E-state index contributed by atoms with van der Waals surface area (Å²) < 4.78 is 11.0. The van der Waals surface area contributed by atoms with Crippen LogP contribution in [0.4, 0.5) is 0 Å². The summed E-state index contributed by atoms with van der Waals surface area (Å²) in [6, 6.07) is 13.4. The monoisotopic (exact) mass is 383 g/mol. The maximum atomic E-state index is 12.7. The molecule has 4 rings (SSSR count). The zero-order valence-electron chi connectivity index (χ0n) is 15.1. The lowest BCUT2D eigenvalue weighted by Crippen LogP contribution is -2.39. The van der Waals surface area contributed by atoms with Crippen LogP contribution in [-0.4, -0.2) is 34.0 Å². The number of para-hydroxylation sites is 1. The fourth-order valence-electron chi connectivity index (χ4n) is 3.23. The molecule has 6 nitrogen and oxygen atoms in total. The summed E-state index contributed by atoms with van der Waals surface area (Å²) in [6.45, 7) is 3.64. The molecule has 27 heavy (non-hydrogen) atoms. The predicted molar refractivity (Wildman–Crippen MR) is 102 cm³/mol. The Kier molecular flexibility index (Phi) is 5.20. The van der Waals surface area contributed by atoms with Crippen LogP contribution in [0.5, 0.6) is 5.75 Å². The Balaban J connectivity index is 1.38. The van der Waals surface area contributed by atoms with E-state index in [1.54, 1.807) is 0 Å². The summed E-state index contributed by atoms with van der Waals surface area (Å²) in [6.07, 6.45) is 1.89. The fraction of sp³-hybridized carbons (Fsp3) is 0.350. The Hall–Kier alpha value is -2.67. The van der Waals surface area contributed by atoms with Crippen molar-refractivity contribution in [2.24, 2.45) is 0 Å². The zero-order chi connectivity index (χ0) is 18.6. The molecular weight excluding hydrogens is 362 g/mol. The van der Waals surface area contributed by atoms with Gasteiger partial charge in [-0.05, 0) is 44.0 Å². The number of ether oxygens (including phenoxy) is 1. The van der Waals surface area contributed by atoms with Crippen molar-refractivity contribution >= 4 is 17.2 Å². The van der Waals surface area contributed by atoms with Crippen molar-refractivity contribution < 1.29 is 14.1 Å². The van der Waals surface area contributed by atoms with Crippen molar-refractivity contribution in [2.45, 2.75) is 32.3 Å². The van der Waals surface area contributed by atoms with Gasteiger partial charge in [0.05, 0.1) is 4.88 Å². The number of carbonyl (C=O) groups is 1. The predicted octanol–water partition coefficient (Wildman–Crippen LogP) is 4.04. The molecule has 2 aromatic heterocycles. The second-order valence-corrected chi connectivity index (χ2v) is 7.94. The molecule has 0 saturated carbocycles. The molecular formula is C20H21N3O3S. The number of amides is 1. The minimum absolute atomic E-state index is 0.0916. The van der Waals surface area contributed by atoms with E-state index < -0.39 is 0 Å². The smallest absolute Gasteiger partial charge is 0.264 e. The maximum absolute atomic E-state index is 12.7. The molecule has 0 spiro atoms. The van der Waals surface area contributed by atoms with Gasteiger partial charge in [-0.15, -0.1) is 11.3 Å². The van der Waals surface area contributed by atoms with Crippen LogP contribution >= 0.6 is 11.3 Å². The summed E-state index contributed by atoms with van der Waals surface area (Å²) in [5, 5.41) is 4.12. The fourth-order valence-corrected chi connectivity index (χ4v) is 4.07. The summed E-state index contributed by atoms with van der Waals surface area (Å²) in [4.78, 5) is 21.0. The largest absolute Gasteiger partial charge is 0.484 e. The van der Waals surface area contributed by atoms with Gasteiger partial charge in [0.15, 0.2) is 12.4 Å². The van der Waals surface area contributed by atoms with E-state index in [0.29, 0.717) is 18.3 Å². The van der Waals surface area contributed by atoms with Gasteiger partial charge in [-0.1, -0.05) is 23.4 Å². The molecule has 7 heteroatoms. The lowest BCUT2D eigenvalue weighted by atomic mass is 9.97. The molecule has 0 radical (unpaired) electrons. The molecule has 3 heterocycles. The first-order valence-electron chi connectivity index (χ1n) is 9.05. The molecule has 1 unspecified atom stereocenters. The van der Waals surface area contributed by atoms with Crippen LogP contribution in [-0.2, 0) is 6.61 Å². The van der Waals surface area contributed by atoms with E-state index in [4.69, 9.17) is 9.26 Å². The maximum Gasteiger partial charge on any atom is 0.264 e. The third-order valence-corrected chi connectivity index (χ3v) is 5.60.